The fraction of sp³-hybridized carbons (Fsp3) is 0.625. The van der Waals surface area contributed by atoms with E-state index in [1.54, 1.807) is 0 Å². The first kappa shape index (κ1) is 5.96. The molecule has 2 rings (SSSR count). The number of nitrogens with zero attached hydrogens (tertiary/aromatic N) is 2. The maximum absolute atomic E-state index is 4.34. The lowest BCUT2D eigenvalue weighted by atomic mass is 10.1. The normalized spacial score (nSPS) is 23.2. The third-order valence-corrected chi connectivity index (χ3v) is 2.37. The van der Waals surface area contributed by atoms with Crippen molar-refractivity contribution in [2.75, 3.05) is 0 Å². The Bertz CT molecular complexity index is 250. The summed E-state index contributed by atoms with van der Waals surface area (Å²) in [5, 5.41) is 0. The van der Waals surface area contributed by atoms with Crippen LogP contribution in [0, 0.1) is 0 Å². The number of rotatable bonds is 0. The third kappa shape index (κ3) is 0.618. The zero-order valence-corrected chi connectivity index (χ0v) is 6.46. The first-order valence-corrected chi connectivity index (χ1v) is 3.79. The quantitative estimate of drug-likeness (QED) is 0.528. The summed E-state index contributed by atoms with van der Waals surface area (Å²) in [5.74, 6) is 0.691. The van der Waals surface area contributed by atoms with Crippen LogP contribution >= 0.6 is 0 Å². The van der Waals surface area contributed by atoms with Gasteiger partial charge in [0, 0.05) is 18.7 Å². The molecule has 2 heteroatoms. The highest BCUT2D eigenvalue weighted by molar-refractivity contribution is 5.22. The lowest BCUT2D eigenvalue weighted by Gasteiger charge is -1.94. The summed E-state index contributed by atoms with van der Waals surface area (Å²) in [6.07, 6.45) is 4.42. The van der Waals surface area contributed by atoms with Gasteiger partial charge in [0.25, 0.3) is 0 Å². The number of imidazole rings is 1. The molecule has 0 N–H and O–H groups in total. The van der Waals surface area contributed by atoms with Crippen LogP contribution in [-0.4, -0.2) is 9.55 Å². The minimum Gasteiger partial charge on any atom is -0.337 e. The second-order valence-corrected chi connectivity index (χ2v) is 3.13. The second kappa shape index (κ2) is 1.84. The molecule has 0 aliphatic heterocycles. The van der Waals surface area contributed by atoms with Crippen LogP contribution in [0.3, 0.4) is 0 Å². The number of fused-ring (bicyclic) bond motifs is 1. The van der Waals surface area contributed by atoms with E-state index >= 15 is 0 Å². The predicted octanol–water partition coefficient (Wildman–Crippen LogP) is 1.47. The van der Waals surface area contributed by atoms with Crippen LogP contribution in [0.5, 0.6) is 0 Å². The lowest BCUT2D eigenvalue weighted by Crippen LogP contribution is -1.90. The van der Waals surface area contributed by atoms with E-state index in [4.69, 9.17) is 0 Å². The molecule has 0 amide bonds. The predicted molar refractivity (Wildman–Crippen MR) is 39.9 cm³/mol. The van der Waals surface area contributed by atoms with E-state index in [1.807, 2.05) is 6.33 Å². The number of hydrogen-bond acceptors (Lipinski definition) is 1. The van der Waals surface area contributed by atoms with Crippen molar-refractivity contribution in [3.8, 4) is 0 Å². The van der Waals surface area contributed by atoms with Gasteiger partial charge in [0.05, 0.1) is 12.0 Å². The van der Waals surface area contributed by atoms with E-state index in [9.17, 15) is 0 Å². The molecular weight excluding hydrogens is 124 g/mol. The molecule has 0 spiro atoms. The van der Waals surface area contributed by atoms with Crippen LogP contribution in [0.25, 0.3) is 0 Å². The Labute approximate surface area is 60.9 Å². The molecule has 0 unspecified atom stereocenters. The summed E-state index contributed by atoms with van der Waals surface area (Å²) in [6, 6.07) is 0. The summed E-state index contributed by atoms with van der Waals surface area (Å²) >= 11 is 0. The topological polar surface area (TPSA) is 17.8 Å². The first-order valence-electron chi connectivity index (χ1n) is 3.79. The van der Waals surface area contributed by atoms with Crippen molar-refractivity contribution in [1.82, 2.24) is 9.55 Å². The number of hydrogen-bond donors (Lipinski definition) is 0. The first-order chi connectivity index (χ1) is 4.79. The number of aromatic nitrogens is 2. The van der Waals surface area contributed by atoms with Crippen molar-refractivity contribution in [3.05, 3.63) is 17.7 Å². The Morgan fingerprint density at radius 2 is 2.50 bits per heavy atom. The van der Waals surface area contributed by atoms with Crippen LogP contribution < -0.4 is 0 Å². The molecule has 0 saturated carbocycles. The van der Waals surface area contributed by atoms with Crippen LogP contribution in [0.1, 0.15) is 30.7 Å². The molecule has 1 heterocycles. The van der Waals surface area contributed by atoms with Crippen molar-refractivity contribution < 1.29 is 0 Å². The Kier molecular flexibility index (Phi) is 1.10. The van der Waals surface area contributed by atoms with Gasteiger partial charge in [-0.15, -0.1) is 0 Å². The van der Waals surface area contributed by atoms with Gasteiger partial charge in [-0.25, -0.2) is 4.98 Å². The Hall–Kier alpha value is -0.790. The van der Waals surface area contributed by atoms with Crippen LogP contribution in [0.4, 0.5) is 0 Å². The molecule has 0 fully saturated rings. The van der Waals surface area contributed by atoms with Crippen molar-refractivity contribution in [3.63, 3.8) is 0 Å². The highest BCUT2D eigenvalue weighted by atomic mass is 15.0. The Morgan fingerprint density at radius 3 is 3.20 bits per heavy atom. The zero-order chi connectivity index (χ0) is 7.14. The van der Waals surface area contributed by atoms with Crippen molar-refractivity contribution >= 4 is 0 Å². The van der Waals surface area contributed by atoms with E-state index in [1.165, 1.54) is 24.2 Å². The zero-order valence-electron chi connectivity index (χ0n) is 6.46. The molecule has 1 aromatic heterocycles. The van der Waals surface area contributed by atoms with Crippen LogP contribution in [-0.2, 0) is 13.5 Å². The SMILES string of the molecule is C[C@H]1CCc2c1ncn2C. The molecule has 1 aliphatic carbocycles. The molecule has 54 valence electrons. The van der Waals surface area contributed by atoms with Gasteiger partial charge >= 0.3 is 0 Å². The Balaban J connectivity index is 2.53. The highest BCUT2D eigenvalue weighted by Gasteiger charge is 2.21. The fourth-order valence-corrected chi connectivity index (χ4v) is 1.68. The van der Waals surface area contributed by atoms with Gasteiger partial charge in [-0.2, -0.15) is 0 Å². The van der Waals surface area contributed by atoms with Gasteiger partial charge in [-0.3, -0.25) is 0 Å². The molecular formula is C8H12N2. The average Bonchev–Trinajstić information content (AvgIpc) is 2.41. The number of aryl methyl sites for hydroxylation is 1. The van der Waals surface area contributed by atoms with Crippen molar-refractivity contribution in [2.45, 2.75) is 25.7 Å². The van der Waals surface area contributed by atoms with Gasteiger partial charge in [-0.1, -0.05) is 6.92 Å². The molecule has 0 aromatic carbocycles. The summed E-state index contributed by atoms with van der Waals surface area (Å²) < 4.78 is 2.14. The van der Waals surface area contributed by atoms with Gasteiger partial charge < -0.3 is 4.57 Å². The molecule has 0 radical (unpaired) electrons. The largest absolute Gasteiger partial charge is 0.337 e. The van der Waals surface area contributed by atoms with Crippen LogP contribution in [0.2, 0.25) is 0 Å². The minimum absolute atomic E-state index is 0.691. The van der Waals surface area contributed by atoms with Gasteiger partial charge in [0.1, 0.15) is 0 Å². The molecule has 1 atom stereocenters. The standard InChI is InChI=1S/C8H12N2/c1-6-3-4-7-8(6)9-5-10(7)2/h5-6H,3-4H2,1-2H3/t6-/m0/s1. The third-order valence-electron chi connectivity index (χ3n) is 2.37. The van der Waals surface area contributed by atoms with E-state index in [2.05, 4.69) is 23.5 Å². The average molecular weight is 136 g/mol. The molecule has 10 heavy (non-hydrogen) atoms. The maximum Gasteiger partial charge on any atom is 0.0949 e. The highest BCUT2D eigenvalue weighted by Crippen LogP contribution is 2.30. The molecule has 1 aromatic rings. The van der Waals surface area contributed by atoms with Crippen molar-refractivity contribution in [1.29, 1.82) is 0 Å². The fourth-order valence-electron chi connectivity index (χ4n) is 1.68. The molecule has 0 bridgehead atoms. The monoisotopic (exact) mass is 136 g/mol. The summed E-state index contributed by atoms with van der Waals surface area (Å²) in [6.45, 7) is 2.25. The molecule has 0 saturated heterocycles. The van der Waals surface area contributed by atoms with E-state index in [0.29, 0.717) is 5.92 Å². The maximum atomic E-state index is 4.34. The van der Waals surface area contributed by atoms with Crippen LogP contribution in [0.15, 0.2) is 6.33 Å². The molecule has 2 nitrogen and oxygen atoms in total. The van der Waals surface area contributed by atoms with E-state index < -0.39 is 0 Å². The smallest absolute Gasteiger partial charge is 0.0949 e. The van der Waals surface area contributed by atoms with Gasteiger partial charge in [0.15, 0.2) is 0 Å². The van der Waals surface area contributed by atoms with E-state index in [0.717, 1.165) is 0 Å². The van der Waals surface area contributed by atoms with Gasteiger partial charge in [-0.05, 0) is 12.8 Å². The van der Waals surface area contributed by atoms with Crippen molar-refractivity contribution in [2.24, 2.45) is 7.05 Å². The summed E-state index contributed by atoms with van der Waals surface area (Å²) in [5.41, 5.74) is 2.76. The second-order valence-electron chi connectivity index (χ2n) is 3.13. The summed E-state index contributed by atoms with van der Waals surface area (Å²) in [4.78, 5) is 4.34. The van der Waals surface area contributed by atoms with E-state index in [-0.39, 0.29) is 0 Å². The lowest BCUT2D eigenvalue weighted by molar-refractivity contribution is 0.711. The minimum atomic E-state index is 0.691. The molecule has 1 aliphatic rings. The Morgan fingerprint density at radius 1 is 1.70 bits per heavy atom. The van der Waals surface area contributed by atoms with Gasteiger partial charge in [0.2, 0.25) is 0 Å². The summed E-state index contributed by atoms with van der Waals surface area (Å²) in [7, 11) is 2.07.